The van der Waals surface area contributed by atoms with E-state index in [-0.39, 0.29) is 11.4 Å². The van der Waals surface area contributed by atoms with Crippen LogP contribution in [0, 0.1) is 5.82 Å². The zero-order valence-corrected chi connectivity index (χ0v) is 13.2. The Hall–Kier alpha value is -1.46. The highest BCUT2D eigenvalue weighted by molar-refractivity contribution is 7.80. The first-order chi connectivity index (χ1) is 10.2. The third kappa shape index (κ3) is 3.09. The van der Waals surface area contributed by atoms with E-state index in [1.165, 1.54) is 23.8 Å². The van der Waals surface area contributed by atoms with Crippen molar-refractivity contribution in [1.82, 2.24) is 5.32 Å². The van der Waals surface area contributed by atoms with Crippen molar-refractivity contribution in [2.45, 2.75) is 31.2 Å². The lowest BCUT2D eigenvalue weighted by molar-refractivity contribution is 0.417. The largest absolute Gasteiger partial charge is 0.352 e. The zero-order valence-electron chi connectivity index (χ0n) is 11.6. The van der Waals surface area contributed by atoms with Crippen LogP contribution in [0.2, 0.25) is 0 Å². The molecular weight excluding hydrogens is 303 g/mol. The van der Waals surface area contributed by atoms with E-state index in [9.17, 15) is 4.39 Å². The first-order valence-corrected chi connectivity index (χ1v) is 8.36. The van der Waals surface area contributed by atoms with Crippen molar-refractivity contribution < 1.29 is 4.39 Å². The van der Waals surface area contributed by atoms with Crippen molar-refractivity contribution in [2.24, 2.45) is 0 Å². The van der Waals surface area contributed by atoms with Crippen molar-refractivity contribution in [1.29, 1.82) is 0 Å². The Morgan fingerprint density at radius 2 is 1.90 bits per heavy atom. The van der Waals surface area contributed by atoms with E-state index in [1.807, 2.05) is 0 Å². The summed E-state index contributed by atoms with van der Waals surface area (Å²) in [4.78, 5) is 1.30. The minimum atomic E-state index is -0.293. The van der Waals surface area contributed by atoms with Crippen LogP contribution in [0.5, 0.6) is 0 Å². The number of hydrogen-bond donors (Lipinski definition) is 2. The van der Waals surface area contributed by atoms with E-state index in [4.69, 9.17) is 12.2 Å². The molecule has 1 aromatic carbocycles. The number of para-hydroxylation sites is 1. The second-order valence-electron chi connectivity index (χ2n) is 5.33. The minimum absolute atomic E-state index is 0.0937. The lowest BCUT2D eigenvalue weighted by atomic mass is 9.96. The summed E-state index contributed by atoms with van der Waals surface area (Å²) in [5.41, 5.74) is 0.318. The third-order valence-electron chi connectivity index (χ3n) is 3.92. The van der Waals surface area contributed by atoms with Gasteiger partial charge in [-0.15, -0.1) is 11.3 Å². The molecule has 2 aromatic rings. The van der Waals surface area contributed by atoms with Gasteiger partial charge in [-0.1, -0.05) is 31.0 Å². The van der Waals surface area contributed by atoms with Crippen LogP contribution < -0.4 is 10.6 Å². The van der Waals surface area contributed by atoms with E-state index in [0.717, 1.165) is 12.8 Å². The van der Waals surface area contributed by atoms with E-state index in [0.29, 0.717) is 10.8 Å². The Labute approximate surface area is 133 Å². The highest BCUT2D eigenvalue weighted by atomic mass is 32.1. The minimum Gasteiger partial charge on any atom is -0.352 e. The fourth-order valence-corrected chi connectivity index (χ4v) is 4.14. The smallest absolute Gasteiger partial charge is 0.171 e. The first-order valence-electron chi connectivity index (χ1n) is 7.07. The lowest BCUT2D eigenvalue weighted by Gasteiger charge is -2.31. The van der Waals surface area contributed by atoms with Crippen molar-refractivity contribution in [2.75, 3.05) is 5.32 Å². The molecule has 0 radical (unpaired) electrons. The van der Waals surface area contributed by atoms with Crippen LogP contribution >= 0.6 is 23.6 Å². The Balaban J connectivity index is 1.75. The SMILES string of the molecule is Fc1ccccc1NC(=S)NC1(c2cccs2)CCCC1. The van der Waals surface area contributed by atoms with Crippen LogP contribution in [0.4, 0.5) is 10.1 Å². The summed E-state index contributed by atoms with van der Waals surface area (Å²) < 4.78 is 13.7. The normalized spacial score (nSPS) is 16.6. The van der Waals surface area contributed by atoms with E-state index >= 15 is 0 Å². The molecule has 3 rings (SSSR count). The van der Waals surface area contributed by atoms with Gasteiger partial charge >= 0.3 is 0 Å². The summed E-state index contributed by atoms with van der Waals surface area (Å²) in [6.45, 7) is 0. The second-order valence-corrected chi connectivity index (χ2v) is 6.68. The van der Waals surface area contributed by atoms with Crippen LogP contribution in [0.15, 0.2) is 41.8 Å². The summed E-state index contributed by atoms with van der Waals surface area (Å²) in [6, 6.07) is 10.8. The molecule has 1 fully saturated rings. The molecule has 0 saturated heterocycles. The van der Waals surface area contributed by atoms with Gasteiger partial charge in [0.25, 0.3) is 0 Å². The van der Waals surface area contributed by atoms with Crippen molar-refractivity contribution in [3.8, 4) is 0 Å². The van der Waals surface area contributed by atoms with Crippen molar-refractivity contribution >= 4 is 34.4 Å². The molecule has 21 heavy (non-hydrogen) atoms. The molecule has 0 spiro atoms. The molecule has 0 aliphatic heterocycles. The van der Waals surface area contributed by atoms with Crippen molar-refractivity contribution in [3.63, 3.8) is 0 Å². The highest BCUT2D eigenvalue weighted by Crippen LogP contribution is 2.40. The summed E-state index contributed by atoms with van der Waals surface area (Å²) in [5.74, 6) is -0.293. The quantitative estimate of drug-likeness (QED) is 0.806. The average molecular weight is 320 g/mol. The van der Waals surface area contributed by atoms with E-state index in [2.05, 4.69) is 28.1 Å². The molecule has 2 N–H and O–H groups in total. The molecule has 1 aromatic heterocycles. The molecule has 5 heteroatoms. The van der Waals surface area contributed by atoms with E-state index < -0.39 is 0 Å². The maximum Gasteiger partial charge on any atom is 0.171 e. The van der Waals surface area contributed by atoms with Crippen LogP contribution in [0.1, 0.15) is 30.6 Å². The maximum atomic E-state index is 13.7. The number of thiocarbonyl (C=S) groups is 1. The molecular formula is C16H17FN2S2. The second kappa shape index (κ2) is 6.12. The number of benzene rings is 1. The van der Waals surface area contributed by atoms with Gasteiger partial charge in [-0.3, -0.25) is 0 Å². The molecule has 0 unspecified atom stereocenters. The molecule has 2 nitrogen and oxygen atoms in total. The summed E-state index contributed by atoms with van der Waals surface area (Å²) in [7, 11) is 0. The predicted octanol–water partition coefficient (Wildman–Crippen LogP) is 4.64. The Morgan fingerprint density at radius 1 is 1.14 bits per heavy atom. The zero-order chi connectivity index (χ0) is 14.7. The standard InChI is InChI=1S/C16H17FN2S2/c17-12-6-1-2-7-13(12)18-15(20)19-16(9-3-4-10-16)14-8-5-11-21-14/h1-2,5-8,11H,3-4,9-10H2,(H2,18,19,20). The van der Waals surface area contributed by atoms with Crippen LogP contribution in [0.25, 0.3) is 0 Å². The lowest BCUT2D eigenvalue weighted by Crippen LogP contribution is -2.45. The predicted molar refractivity (Wildman–Crippen MR) is 90.2 cm³/mol. The van der Waals surface area contributed by atoms with Gasteiger partial charge in [0.05, 0.1) is 11.2 Å². The van der Waals surface area contributed by atoms with Gasteiger partial charge in [-0.25, -0.2) is 4.39 Å². The monoisotopic (exact) mass is 320 g/mol. The third-order valence-corrected chi connectivity index (χ3v) is 5.20. The number of thiophene rings is 1. The van der Waals surface area contributed by atoms with Gasteiger partial charge in [0.15, 0.2) is 5.11 Å². The van der Waals surface area contributed by atoms with Gasteiger partial charge < -0.3 is 10.6 Å². The average Bonchev–Trinajstić information content (AvgIpc) is 3.12. The Bertz CT molecular complexity index is 619. The fraction of sp³-hybridized carbons (Fsp3) is 0.312. The number of hydrogen-bond acceptors (Lipinski definition) is 2. The Morgan fingerprint density at radius 3 is 2.57 bits per heavy atom. The molecule has 1 aliphatic carbocycles. The van der Waals surface area contributed by atoms with E-state index in [1.54, 1.807) is 29.5 Å². The molecule has 110 valence electrons. The first kappa shape index (κ1) is 14.5. The number of halogens is 1. The molecule has 1 saturated carbocycles. The summed E-state index contributed by atoms with van der Waals surface area (Å²) >= 11 is 7.14. The molecule has 1 aliphatic rings. The van der Waals surface area contributed by atoms with Crippen molar-refractivity contribution in [3.05, 3.63) is 52.5 Å². The maximum absolute atomic E-state index is 13.7. The number of rotatable bonds is 3. The Kier molecular flexibility index (Phi) is 4.22. The molecule has 0 amide bonds. The topological polar surface area (TPSA) is 24.1 Å². The van der Waals surface area contributed by atoms with Crippen LogP contribution in [0.3, 0.4) is 0 Å². The van der Waals surface area contributed by atoms with Gasteiger partial charge in [0, 0.05) is 4.88 Å². The summed E-state index contributed by atoms with van der Waals surface area (Å²) in [6.07, 6.45) is 4.50. The summed E-state index contributed by atoms with van der Waals surface area (Å²) in [5, 5.41) is 8.98. The van der Waals surface area contributed by atoms with Crippen LogP contribution in [-0.4, -0.2) is 5.11 Å². The fourth-order valence-electron chi connectivity index (χ4n) is 2.90. The number of anilines is 1. The molecule has 0 bridgehead atoms. The van der Waals surface area contributed by atoms with Crippen LogP contribution in [-0.2, 0) is 5.54 Å². The van der Waals surface area contributed by atoms with Gasteiger partial charge in [0.1, 0.15) is 5.82 Å². The van der Waals surface area contributed by atoms with Gasteiger partial charge in [-0.2, -0.15) is 0 Å². The van der Waals surface area contributed by atoms with Gasteiger partial charge in [0.2, 0.25) is 0 Å². The van der Waals surface area contributed by atoms with Gasteiger partial charge in [-0.05, 0) is 48.6 Å². The highest BCUT2D eigenvalue weighted by Gasteiger charge is 2.37. The number of nitrogens with one attached hydrogen (secondary N) is 2. The molecule has 0 atom stereocenters. The molecule has 1 heterocycles.